The van der Waals surface area contributed by atoms with E-state index in [-0.39, 0.29) is 5.70 Å². The number of esters is 1. The van der Waals surface area contributed by atoms with Crippen molar-refractivity contribution < 1.29 is 14.3 Å². The third-order valence-corrected chi connectivity index (χ3v) is 6.13. The summed E-state index contributed by atoms with van der Waals surface area (Å²) in [4.78, 5) is 16.8. The lowest BCUT2D eigenvalue weighted by Gasteiger charge is -2.12. The van der Waals surface area contributed by atoms with Gasteiger partial charge in [-0.25, -0.2) is 9.79 Å². The van der Waals surface area contributed by atoms with Crippen LogP contribution >= 0.6 is 31.9 Å². The van der Waals surface area contributed by atoms with Crippen molar-refractivity contribution in [1.29, 1.82) is 0 Å². The summed E-state index contributed by atoms with van der Waals surface area (Å²) in [6.45, 7) is 4.47. The number of benzene rings is 3. The first-order valence-corrected chi connectivity index (χ1v) is 11.3. The third kappa shape index (κ3) is 4.81. The van der Waals surface area contributed by atoms with E-state index in [1.165, 1.54) is 5.56 Å². The number of ether oxygens (including phenoxy) is 2. The van der Waals surface area contributed by atoms with Gasteiger partial charge in [-0.2, -0.15) is 0 Å². The Morgan fingerprint density at radius 2 is 1.61 bits per heavy atom. The molecule has 0 spiro atoms. The van der Waals surface area contributed by atoms with E-state index in [9.17, 15) is 4.79 Å². The molecule has 1 aliphatic heterocycles. The Morgan fingerprint density at radius 3 is 2.29 bits per heavy atom. The van der Waals surface area contributed by atoms with Crippen molar-refractivity contribution in [3.8, 4) is 5.75 Å². The van der Waals surface area contributed by atoms with E-state index in [0.717, 1.165) is 31.2 Å². The average Bonchev–Trinajstić information content (AvgIpc) is 3.09. The molecule has 0 aromatic heterocycles. The van der Waals surface area contributed by atoms with Crippen LogP contribution in [0.2, 0.25) is 0 Å². The lowest BCUT2D eigenvalue weighted by molar-refractivity contribution is -0.129. The molecule has 1 heterocycles. The number of rotatable bonds is 5. The Balaban J connectivity index is 1.58. The van der Waals surface area contributed by atoms with Gasteiger partial charge < -0.3 is 9.47 Å². The summed E-state index contributed by atoms with van der Waals surface area (Å²) < 4.78 is 13.0. The Hall–Kier alpha value is -2.70. The molecule has 0 atom stereocenters. The smallest absolute Gasteiger partial charge is 0.363 e. The highest BCUT2D eigenvalue weighted by Crippen LogP contribution is 2.36. The van der Waals surface area contributed by atoms with Crippen LogP contribution in [0, 0.1) is 13.8 Å². The molecular formula is C25H19Br2NO3. The van der Waals surface area contributed by atoms with E-state index in [1.807, 2.05) is 61.5 Å². The first kappa shape index (κ1) is 21.5. The van der Waals surface area contributed by atoms with Crippen LogP contribution in [-0.2, 0) is 16.1 Å². The number of cyclic esters (lactones) is 1. The minimum Gasteiger partial charge on any atom is -0.487 e. The van der Waals surface area contributed by atoms with Gasteiger partial charge in [-0.15, -0.1) is 0 Å². The SMILES string of the molecule is Cc1ccccc1COc1c(Br)cc(/C=C2\N=C(c3ccccc3C)OC2=O)cc1Br. The molecule has 156 valence electrons. The molecule has 0 saturated heterocycles. The molecule has 31 heavy (non-hydrogen) atoms. The third-order valence-electron chi connectivity index (χ3n) is 4.95. The molecule has 0 N–H and O–H groups in total. The van der Waals surface area contributed by atoms with Crippen LogP contribution < -0.4 is 4.74 Å². The Kier molecular flexibility index (Phi) is 6.39. The molecule has 4 rings (SSSR count). The van der Waals surface area contributed by atoms with Crippen molar-refractivity contribution in [3.63, 3.8) is 0 Å². The van der Waals surface area contributed by atoms with Gasteiger partial charge in [-0.05, 0) is 92.2 Å². The second-order valence-electron chi connectivity index (χ2n) is 7.18. The van der Waals surface area contributed by atoms with E-state index in [4.69, 9.17) is 9.47 Å². The highest BCUT2D eigenvalue weighted by atomic mass is 79.9. The molecule has 6 heteroatoms. The Labute approximate surface area is 197 Å². The Bertz CT molecular complexity index is 1210. The highest BCUT2D eigenvalue weighted by Gasteiger charge is 2.25. The number of carbonyl (C=O) groups excluding carboxylic acids is 1. The van der Waals surface area contributed by atoms with Gasteiger partial charge in [-0.3, -0.25) is 0 Å². The van der Waals surface area contributed by atoms with Crippen LogP contribution in [0.25, 0.3) is 6.08 Å². The molecule has 3 aromatic rings. The molecule has 0 bridgehead atoms. The summed E-state index contributed by atoms with van der Waals surface area (Å²) in [6.07, 6.45) is 1.70. The molecule has 0 saturated carbocycles. The maximum Gasteiger partial charge on any atom is 0.363 e. The Morgan fingerprint density at radius 1 is 0.968 bits per heavy atom. The van der Waals surface area contributed by atoms with E-state index in [0.29, 0.717) is 18.3 Å². The minimum atomic E-state index is -0.467. The number of aliphatic imine (C=N–C) groups is 1. The van der Waals surface area contributed by atoms with Crippen LogP contribution in [0.3, 0.4) is 0 Å². The van der Waals surface area contributed by atoms with E-state index in [2.05, 4.69) is 49.8 Å². The van der Waals surface area contributed by atoms with Crippen molar-refractivity contribution >= 4 is 49.8 Å². The predicted octanol–water partition coefficient (Wildman–Crippen LogP) is 6.75. The van der Waals surface area contributed by atoms with Crippen molar-refractivity contribution in [1.82, 2.24) is 0 Å². The van der Waals surface area contributed by atoms with E-state index >= 15 is 0 Å². The number of halogens is 2. The first-order valence-electron chi connectivity index (χ1n) is 9.67. The fourth-order valence-electron chi connectivity index (χ4n) is 3.22. The predicted molar refractivity (Wildman–Crippen MR) is 129 cm³/mol. The van der Waals surface area contributed by atoms with Crippen LogP contribution in [0.5, 0.6) is 5.75 Å². The van der Waals surface area contributed by atoms with E-state index < -0.39 is 5.97 Å². The second kappa shape index (κ2) is 9.20. The molecular weight excluding hydrogens is 522 g/mol. The van der Waals surface area contributed by atoms with Gasteiger partial charge in [0.2, 0.25) is 5.90 Å². The quantitative estimate of drug-likeness (QED) is 0.265. The van der Waals surface area contributed by atoms with Crippen LogP contribution in [-0.4, -0.2) is 11.9 Å². The fourth-order valence-corrected chi connectivity index (χ4v) is 4.67. The summed E-state index contributed by atoms with van der Waals surface area (Å²) in [6, 6.07) is 19.6. The zero-order valence-corrected chi connectivity index (χ0v) is 20.2. The average molecular weight is 541 g/mol. The monoisotopic (exact) mass is 539 g/mol. The van der Waals surface area contributed by atoms with Crippen molar-refractivity contribution in [2.45, 2.75) is 20.5 Å². The summed E-state index contributed by atoms with van der Waals surface area (Å²) >= 11 is 7.15. The second-order valence-corrected chi connectivity index (χ2v) is 8.89. The molecule has 0 fully saturated rings. The maximum absolute atomic E-state index is 12.3. The molecule has 0 aliphatic carbocycles. The van der Waals surface area contributed by atoms with Crippen LogP contribution in [0.1, 0.15) is 27.8 Å². The number of hydrogen-bond donors (Lipinski definition) is 0. The zero-order chi connectivity index (χ0) is 22.0. The van der Waals surface area contributed by atoms with Crippen LogP contribution in [0.4, 0.5) is 0 Å². The molecule has 3 aromatic carbocycles. The van der Waals surface area contributed by atoms with Crippen molar-refractivity contribution in [3.05, 3.63) is 103 Å². The van der Waals surface area contributed by atoms with Gasteiger partial charge in [0.1, 0.15) is 12.4 Å². The van der Waals surface area contributed by atoms with Gasteiger partial charge in [0.05, 0.1) is 8.95 Å². The summed E-state index contributed by atoms with van der Waals surface area (Å²) in [5.41, 5.74) is 5.16. The number of nitrogens with zero attached hydrogens (tertiary/aromatic N) is 1. The van der Waals surface area contributed by atoms with Crippen LogP contribution in [0.15, 0.2) is 80.3 Å². The summed E-state index contributed by atoms with van der Waals surface area (Å²) in [5, 5.41) is 0. The van der Waals surface area contributed by atoms with Gasteiger partial charge in [0, 0.05) is 5.56 Å². The van der Waals surface area contributed by atoms with E-state index in [1.54, 1.807) is 6.08 Å². The highest BCUT2D eigenvalue weighted by molar-refractivity contribution is 9.11. The standard InChI is InChI=1S/C25H19Br2NO3/c1-15-7-3-5-9-18(15)14-30-23-20(26)11-17(12-21(23)27)13-22-25(29)31-24(28-22)19-10-6-4-8-16(19)2/h3-13H,14H2,1-2H3/b22-13-. The lowest BCUT2D eigenvalue weighted by Crippen LogP contribution is -2.06. The zero-order valence-electron chi connectivity index (χ0n) is 17.0. The topological polar surface area (TPSA) is 47.9 Å². The van der Waals surface area contributed by atoms with Gasteiger partial charge in [-0.1, -0.05) is 42.5 Å². The van der Waals surface area contributed by atoms with Gasteiger partial charge >= 0.3 is 5.97 Å². The molecule has 4 nitrogen and oxygen atoms in total. The molecule has 0 radical (unpaired) electrons. The summed E-state index contributed by atoms with van der Waals surface area (Å²) in [5.74, 6) is 0.555. The maximum atomic E-state index is 12.3. The normalized spacial score (nSPS) is 14.5. The first-order chi connectivity index (χ1) is 14.9. The molecule has 0 unspecified atom stereocenters. The number of carbonyl (C=O) groups is 1. The van der Waals surface area contributed by atoms with Gasteiger partial charge in [0.25, 0.3) is 0 Å². The fraction of sp³-hybridized carbons (Fsp3) is 0.120. The van der Waals surface area contributed by atoms with Crippen molar-refractivity contribution in [2.24, 2.45) is 4.99 Å². The largest absolute Gasteiger partial charge is 0.487 e. The minimum absolute atomic E-state index is 0.255. The van der Waals surface area contributed by atoms with Crippen molar-refractivity contribution in [2.75, 3.05) is 0 Å². The number of aryl methyl sites for hydroxylation is 2. The summed E-state index contributed by atoms with van der Waals surface area (Å²) in [7, 11) is 0. The van der Waals surface area contributed by atoms with Gasteiger partial charge in [0.15, 0.2) is 5.70 Å². The molecule has 1 aliphatic rings. The number of hydrogen-bond acceptors (Lipinski definition) is 4. The molecule has 0 amide bonds. The lowest BCUT2D eigenvalue weighted by atomic mass is 10.1.